The Morgan fingerprint density at radius 2 is 2.16 bits per heavy atom. The van der Waals surface area contributed by atoms with Crippen molar-refractivity contribution in [3.63, 3.8) is 0 Å². The predicted octanol–water partition coefficient (Wildman–Crippen LogP) is 2.19. The first-order chi connectivity index (χ1) is 12.3. The molecule has 1 unspecified atom stereocenters. The molecule has 0 bridgehead atoms. The van der Waals surface area contributed by atoms with Gasteiger partial charge in [0.05, 0.1) is 12.5 Å². The van der Waals surface area contributed by atoms with Crippen LogP contribution in [0.15, 0.2) is 17.5 Å². The molecule has 2 fully saturated rings. The number of methoxy groups -OCH3 is 1. The zero-order valence-corrected chi connectivity index (χ0v) is 16.1. The van der Waals surface area contributed by atoms with Crippen molar-refractivity contribution in [3.05, 3.63) is 22.4 Å². The largest absolute Gasteiger partial charge is 0.383 e. The van der Waals surface area contributed by atoms with Gasteiger partial charge in [-0.1, -0.05) is 6.07 Å². The molecule has 2 aliphatic heterocycles. The summed E-state index contributed by atoms with van der Waals surface area (Å²) in [6.07, 6.45) is 4.61. The third-order valence-corrected chi connectivity index (χ3v) is 6.32. The molecule has 2 saturated heterocycles. The van der Waals surface area contributed by atoms with Crippen LogP contribution < -0.4 is 5.32 Å². The quantitative estimate of drug-likeness (QED) is 0.753. The van der Waals surface area contributed by atoms with Crippen molar-refractivity contribution in [1.82, 2.24) is 15.1 Å². The van der Waals surface area contributed by atoms with E-state index in [1.165, 1.54) is 30.8 Å². The van der Waals surface area contributed by atoms with Gasteiger partial charge in [-0.05, 0) is 43.7 Å². The maximum absolute atomic E-state index is 12.3. The van der Waals surface area contributed by atoms with E-state index in [-0.39, 0.29) is 11.8 Å². The fraction of sp³-hybridized carbons (Fsp3) is 0.737. The second-order valence-electron chi connectivity index (χ2n) is 7.20. The summed E-state index contributed by atoms with van der Waals surface area (Å²) in [5.41, 5.74) is 0. The molecular weight excluding hydrogens is 334 g/mol. The Labute approximate surface area is 155 Å². The Morgan fingerprint density at radius 3 is 2.88 bits per heavy atom. The maximum atomic E-state index is 12.3. The second-order valence-corrected chi connectivity index (χ2v) is 8.24. The molecule has 3 heterocycles. The summed E-state index contributed by atoms with van der Waals surface area (Å²) >= 11 is 1.85. The van der Waals surface area contributed by atoms with E-state index in [4.69, 9.17) is 4.74 Å². The highest BCUT2D eigenvalue weighted by molar-refractivity contribution is 7.09. The van der Waals surface area contributed by atoms with Crippen LogP contribution in [0.5, 0.6) is 0 Å². The minimum Gasteiger partial charge on any atom is -0.383 e. The molecule has 0 saturated carbocycles. The highest BCUT2D eigenvalue weighted by atomic mass is 32.1. The normalized spacial score (nSPS) is 23.6. The molecule has 25 heavy (non-hydrogen) atoms. The summed E-state index contributed by atoms with van der Waals surface area (Å²) in [5.74, 6) is 0.353. The van der Waals surface area contributed by atoms with E-state index < -0.39 is 0 Å². The van der Waals surface area contributed by atoms with Crippen molar-refractivity contribution in [1.29, 1.82) is 0 Å². The van der Waals surface area contributed by atoms with Crippen LogP contribution in [0.4, 0.5) is 0 Å². The van der Waals surface area contributed by atoms with E-state index >= 15 is 0 Å². The number of carbonyl (C=O) groups excluding carboxylic acids is 1. The molecule has 1 N–H and O–H groups in total. The van der Waals surface area contributed by atoms with E-state index in [0.29, 0.717) is 19.2 Å². The molecule has 3 rings (SSSR count). The summed E-state index contributed by atoms with van der Waals surface area (Å²) in [6.45, 7) is 6.71. The van der Waals surface area contributed by atoms with Gasteiger partial charge in [0.25, 0.3) is 0 Å². The molecule has 1 aromatic heterocycles. The zero-order chi connectivity index (χ0) is 17.5. The van der Waals surface area contributed by atoms with Gasteiger partial charge in [-0.25, -0.2) is 0 Å². The van der Waals surface area contributed by atoms with E-state index in [2.05, 4.69) is 32.6 Å². The van der Waals surface area contributed by atoms with Crippen molar-refractivity contribution in [2.24, 2.45) is 5.92 Å². The van der Waals surface area contributed by atoms with Gasteiger partial charge in [-0.3, -0.25) is 14.6 Å². The van der Waals surface area contributed by atoms with Crippen LogP contribution >= 0.6 is 11.3 Å². The Bertz CT molecular complexity index is 515. The minimum absolute atomic E-state index is 0.148. The van der Waals surface area contributed by atoms with Crippen LogP contribution in [0, 0.1) is 5.92 Å². The number of hydrogen-bond donors (Lipinski definition) is 1. The van der Waals surface area contributed by atoms with Gasteiger partial charge in [0.1, 0.15) is 0 Å². The Kier molecular flexibility index (Phi) is 7.28. The summed E-state index contributed by atoms with van der Waals surface area (Å²) in [5, 5.41) is 5.17. The fourth-order valence-corrected chi connectivity index (χ4v) is 4.78. The van der Waals surface area contributed by atoms with Crippen molar-refractivity contribution in [2.75, 3.05) is 46.4 Å². The van der Waals surface area contributed by atoms with Crippen molar-refractivity contribution >= 4 is 17.2 Å². The van der Waals surface area contributed by atoms with E-state index in [1.807, 2.05) is 11.3 Å². The number of likely N-dealkylation sites (tertiary alicyclic amines) is 2. The average molecular weight is 366 g/mol. The first-order valence-electron chi connectivity index (χ1n) is 9.51. The van der Waals surface area contributed by atoms with Gasteiger partial charge in [0.15, 0.2) is 0 Å². The van der Waals surface area contributed by atoms with Gasteiger partial charge in [0.2, 0.25) is 5.91 Å². The standard InChI is InChI=1S/C19H31N3O2S/c1-24-12-8-20-19(23)16-4-2-9-22(14-16)17-6-10-21(11-7-17)15-18-5-3-13-25-18/h3,5,13,16-17H,2,4,6-12,14-15H2,1H3,(H,20,23). The lowest BCUT2D eigenvalue weighted by molar-refractivity contribution is -0.127. The van der Waals surface area contributed by atoms with Gasteiger partial charge in [-0.15, -0.1) is 11.3 Å². The van der Waals surface area contributed by atoms with Gasteiger partial charge in [0, 0.05) is 50.8 Å². The molecule has 0 aliphatic carbocycles. The van der Waals surface area contributed by atoms with Crippen LogP contribution in [0.2, 0.25) is 0 Å². The number of rotatable bonds is 7. The lowest BCUT2D eigenvalue weighted by Crippen LogP contribution is -2.50. The van der Waals surface area contributed by atoms with Crippen LogP contribution in [0.25, 0.3) is 0 Å². The number of amides is 1. The lowest BCUT2D eigenvalue weighted by atomic mass is 9.93. The predicted molar refractivity (Wildman–Crippen MR) is 102 cm³/mol. The van der Waals surface area contributed by atoms with Gasteiger partial charge < -0.3 is 10.1 Å². The third kappa shape index (κ3) is 5.51. The Balaban J connectivity index is 1.42. The molecule has 1 atom stereocenters. The smallest absolute Gasteiger partial charge is 0.224 e. The van der Waals surface area contributed by atoms with Crippen LogP contribution in [-0.4, -0.2) is 68.2 Å². The number of nitrogens with one attached hydrogen (secondary N) is 1. The fourth-order valence-electron chi connectivity index (χ4n) is 4.04. The molecule has 5 nitrogen and oxygen atoms in total. The lowest BCUT2D eigenvalue weighted by Gasteiger charge is -2.42. The third-order valence-electron chi connectivity index (χ3n) is 5.46. The zero-order valence-electron chi connectivity index (χ0n) is 15.3. The Morgan fingerprint density at radius 1 is 1.32 bits per heavy atom. The minimum atomic E-state index is 0.148. The van der Waals surface area contributed by atoms with Crippen LogP contribution in [-0.2, 0) is 16.1 Å². The highest BCUT2D eigenvalue weighted by Crippen LogP contribution is 2.25. The highest BCUT2D eigenvalue weighted by Gasteiger charge is 2.31. The molecule has 140 valence electrons. The topological polar surface area (TPSA) is 44.8 Å². The molecule has 1 aromatic rings. The van der Waals surface area contributed by atoms with Gasteiger partial charge >= 0.3 is 0 Å². The summed E-state index contributed by atoms with van der Waals surface area (Å²) in [6, 6.07) is 5.01. The SMILES string of the molecule is COCCNC(=O)C1CCCN(C2CCN(Cc3cccs3)CC2)C1. The first-order valence-corrected chi connectivity index (χ1v) is 10.4. The van der Waals surface area contributed by atoms with Crippen LogP contribution in [0.1, 0.15) is 30.6 Å². The summed E-state index contributed by atoms with van der Waals surface area (Å²) in [7, 11) is 1.67. The van der Waals surface area contributed by atoms with E-state index in [9.17, 15) is 4.79 Å². The number of hydrogen-bond acceptors (Lipinski definition) is 5. The van der Waals surface area contributed by atoms with Crippen molar-refractivity contribution < 1.29 is 9.53 Å². The monoisotopic (exact) mass is 365 g/mol. The van der Waals surface area contributed by atoms with Crippen molar-refractivity contribution in [3.8, 4) is 0 Å². The molecule has 0 aromatic carbocycles. The molecule has 0 radical (unpaired) electrons. The average Bonchev–Trinajstić information content (AvgIpc) is 3.16. The Hall–Kier alpha value is -0.950. The van der Waals surface area contributed by atoms with E-state index in [1.54, 1.807) is 7.11 Å². The van der Waals surface area contributed by atoms with Gasteiger partial charge in [-0.2, -0.15) is 0 Å². The molecular formula is C19H31N3O2S. The number of carbonyl (C=O) groups is 1. The van der Waals surface area contributed by atoms with E-state index in [0.717, 1.165) is 32.5 Å². The number of thiophene rings is 1. The maximum Gasteiger partial charge on any atom is 0.224 e. The number of nitrogens with zero attached hydrogens (tertiary/aromatic N) is 2. The molecule has 2 aliphatic rings. The molecule has 1 amide bonds. The number of ether oxygens (including phenoxy) is 1. The van der Waals surface area contributed by atoms with Crippen LogP contribution in [0.3, 0.4) is 0 Å². The molecule has 0 spiro atoms. The second kappa shape index (κ2) is 9.67. The summed E-state index contributed by atoms with van der Waals surface area (Å²) in [4.78, 5) is 18.9. The molecule has 6 heteroatoms. The first kappa shape index (κ1) is 18.8. The van der Waals surface area contributed by atoms with Crippen molar-refractivity contribution in [2.45, 2.75) is 38.3 Å². The summed E-state index contributed by atoms with van der Waals surface area (Å²) < 4.78 is 5.01. The number of piperidine rings is 2.